The molecule has 1 unspecified atom stereocenters. The number of hydrogen-bond donors (Lipinski definition) is 0. The van der Waals surface area contributed by atoms with Gasteiger partial charge < -0.3 is 0 Å². The highest BCUT2D eigenvalue weighted by Gasteiger charge is 2.25. The summed E-state index contributed by atoms with van der Waals surface area (Å²) in [7, 11) is 0. The van der Waals surface area contributed by atoms with Crippen LogP contribution in [0.25, 0.3) is 50.2 Å². The molecule has 204 valence electrons. The standard InChI is InChI=1S/C41H35N/c1-30(42-31(2)41(3)26-14-7-15-27-41)32-22-24-36(25-23-32)40-38(34-18-10-5-11-19-34)28-37(33-16-8-4-9-17-33)29-39(40)35-20-12-6-13-21-35/h4-26,28-29H,1,27H2,2-3H3. The van der Waals surface area contributed by atoms with Gasteiger partial charge in [-0.05, 0) is 75.5 Å². The van der Waals surface area contributed by atoms with Crippen LogP contribution in [0, 0.1) is 5.41 Å². The lowest BCUT2D eigenvalue weighted by Crippen LogP contribution is -2.23. The van der Waals surface area contributed by atoms with Gasteiger partial charge in [0.15, 0.2) is 0 Å². The molecule has 0 saturated heterocycles. The third kappa shape index (κ3) is 5.60. The summed E-state index contributed by atoms with van der Waals surface area (Å²) in [6.07, 6.45) is 9.60. The Morgan fingerprint density at radius 3 is 1.64 bits per heavy atom. The highest BCUT2D eigenvalue weighted by atomic mass is 14.8. The number of aliphatic imine (C=N–C) groups is 1. The molecule has 0 N–H and O–H groups in total. The molecule has 1 aliphatic rings. The van der Waals surface area contributed by atoms with Gasteiger partial charge in [-0.25, -0.2) is 0 Å². The van der Waals surface area contributed by atoms with E-state index in [1.54, 1.807) is 0 Å². The first kappa shape index (κ1) is 27.2. The largest absolute Gasteiger partial charge is 0.257 e. The van der Waals surface area contributed by atoms with Crippen LogP contribution in [0.5, 0.6) is 0 Å². The van der Waals surface area contributed by atoms with Gasteiger partial charge in [0.25, 0.3) is 0 Å². The van der Waals surface area contributed by atoms with E-state index in [1.165, 1.54) is 38.9 Å². The van der Waals surface area contributed by atoms with E-state index in [0.717, 1.165) is 29.0 Å². The lowest BCUT2D eigenvalue weighted by molar-refractivity contribution is 0.598. The Bertz CT molecular complexity index is 1730. The molecule has 0 radical (unpaired) electrons. The van der Waals surface area contributed by atoms with E-state index in [4.69, 9.17) is 4.99 Å². The summed E-state index contributed by atoms with van der Waals surface area (Å²) in [6, 6.07) is 45.4. The van der Waals surface area contributed by atoms with Crippen molar-refractivity contribution in [1.82, 2.24) is 0 Å². The zero-order chi connectivity index (χ0) is 28.9. The molecule has 0 aromatic heterocycles. The van der Waals surface area contributed by atoms with Gasteiger partial charge in [-0.2, -0.15) is 0 Å². The van der Waals surface area contributed by atoms with Crippen LogP contribution in [-0.2, 0) is 0 Å². The van der Waals surface area contributed by atoms with Gasteiger partial charge in [0.2, 0.25) is 0 Å². The highest BCUT2D eigenvalue weighted by molar-refractivity contribution is 5.98. The molecule has 5 aromatic rings. The maximum atomic E-state index is 4.96. The molecular formula is C41H35N. The number of allylic oxidation sites excluding steroid dienone is 4. The fraction of sp³-hybridized carbons (Fsp3) is 0.0976. The number of benzene rings is 5. The van der Waals surface area contributed by atoms with Crippen molar-refractivity contribution in [3.05, 3.63) is 164 Å². The van der Waals surface area contributed by atoms with Crippen molar-refractivity contribution in [2.75, 3.05) is 0 Å². The minimum absolute atomic E-state index is 0.0761. The second kappa shape index (κ2) is 11.8. The Morgan fingerprint density at radius 1 is 0.619 bits per heavy atom. The third-order valence-corrected chi connectivity index (χ3v) is 8.30. The molecule has 5 aromatic carbocycles. The molecule has 0 aliphatic heterocycles. The first-order chi connectivity index (χ1) is 20.5. The Hall–Kier alpha value is -5.01. The summed E-state index contributed by atoms with van der Waals surface area (Å²) < 4.78 is 0. The van der Waals surface area contributed by atoms with E-state index >= 15 is 0 Å². The average molecular weight is 542 g/mol. The van der Waals surface area contributed by atoms with Crippen LogP contribution in [0.1, 0.15) is 25.8 Å². The van der Waals surface area contributed by atoms with E-state index in [-0.39, 0.29) is 5.41 Å². The second-order valence-electron chi connectivity index (χ2n) is 11.2. The first-order valence-corrected chi connectivity index (χ1v) is 14.6. The van der Waals surface area contributed by atoms with Gasteiger partial charge in [0.1, 0.15) is 0 Å². The number of nitrogens with zero attached hydrogens (tertiary/aromatic N) is 1. The fourth-order valence-corrected chi connectivity index (χ4v) is 5.66. The van der Waals surface area contributed by atoms with Gasteiger partial charge >= 0.3 is 0 Å². The first-order valence-electron chi connectivity index (χ1n) is 14.6. The normalized spacial score (nSPS) is 16.4. The third-order valence-electron chi connectivity index (χ3n) is 8.30. The van der Waals surface area contributed by atoms with Crippen LogP contribution in [0.2, 0.25) is 0 Å². The van der Waals surface area contributed by atoms with E-state index in [9.17, 15) is 0 Å². The molecular weight excluding hydrogens is 506 g/mol. The van der Waals surface area contributed by atoms with Crippen molar-refractivity contribution in [3.8, 4) is 44.5 Å². The van der Waals surface area contributed by atoms with Crippen molar-refractivity contribution < 1.29 is 0 Å². The molecule has 0 spiro atoms. The predicted molar refractivity (Wildman–Crippen MR) is 181 cm³/mol. The van der Waals surface area contributed by atoms with Gasteiger partial charge in [0.05, 0.1) is 5.70 Å². The summed E-state index contributed by atoms with van der Waals surface area (Å²) in [5.74, 6) is 0. The quantitative estimate of drug-likeness (QED) is 0.182. The minimum atomic E-state index is -0.0761. The molecule has 0 fully saturated rings. The maximum Gasteiger partial charge on any atom is 0.0629 e. The molecule has 1 nitrogen and oxygen atoms in total. The molecule has 0 amide bonds. The molecule has 0 saturated carbocycles. The zero-order valence-electron chi connectivity index (χ0n) is 24.3. The van der Waals surface area contributed by atoms with Crippen molar-refractivity contribution in [1.29, 1.82) is 0 Å². The molecule has 6 rings (SSSR count). The van der Waals surface area contributed by atoms with E-state index in [1.807, 2.05) is 0 Å². The molecule has 0 bridgehead atoms. The SMILES string of the molecule is C=C(N=C(C)C1(C)C=CC=CC1)c1ccc(-c2c(-c3ccccc3)cc(-c3ccccc3)cc2-c2ccccc2)cc1. The van der Waals surface area contributed by atoms with Crippen molar-refractivity contribution in [2.45, 2.75) is 20.3 Å². The number of hydrogen-bond acceptors (Lipinski definition) is 1. The Balaban J connectivity index is 1.48. The van der Waals surface area contributed by atoms with E-state index in [0.29, 0.717) is 0 Å². The number of rotatable bonds is 7. The molecule has 1 aliphatic carbocycles. The highest BCUT2D eigenvalue weighted by Crippen LogP contribution is 2.43. The summed E-state index contributed by atoms with van der Waals surface area (Å²) in [4.78, 5) is 4.96. The monoisotopic (exact) mass is 541 g/mol. The van der Waals surface area contributed by atoms with Crippen molar-refractivity contribution in [2.24, 2.45) is 10.4 Å². The molecule has 1 atom stereocenters. The lowest BCUT2D eigenvalue weighted by atomic mass is 9.80. The molecule has 0 heterocycles. The van der Waals surface area contributed by atoms with Gasteiger partial charge in [-0.1, -0.05) is 153 Å². The Morgan fingerprint density at radius 2 is 1.14 bits per heavy atom. The Kier molecular flexibility index (Phi) is 7.66. The molecule has 1 heteroatoms. The topological polar surface area (TPSA) is 12.4 Å². The molecule has 42 heavy (non-hydrogen) atoms. The van der Waals surface area contributed by atoms with Crippen LogP contribution in [0.15, 0.2) is 163 Å². The van der Waals surface area contributed by atoms with Gasteiger partial charge in [-0.15, -0.1) is 0 Å². The van der Waals surface area contributed by atoms with Gasteiger partial charge in [0, 0.05) is 11.1 Å². The summed E-state index contributed by atoms with van der Waals surface area (Å²) >= 11 is 0. The smallest absolute Gasteiger partial charge is 0.0629 e. The van der Waals surface area contributed by atoms with Crippen LogP contribution in [0.4, 0.5) is 0 Å². The predicted octanol–water partition coefficient (Wildman–Crippen LogP) is 11.3. The zero-order valence-corrected chi connectivity index (χ0v) is 24.3. The fourth-order valence-electron chi connectivity index (χ4n) is 5.66. The van der Waals surface area contributed by atoms with Gasteiger partial charge in [-0.3, -0.25) is 4.99 Å². The van der Waals surface area contributed by atoms with Crippen LogP contribution >= 0.6 is 0 Å². The van der Waals surface area contributed by atoms with Crippen LogP contribution in [-0.4, -0.2) is 5.71 Å². The van der Waals surface area contributed by atoms with Crippen molar-refractivity contribution >= 4 is 11.4 Å². The maximum absolute atomic E-state index is 4.96. The lowest BCUT2D eigenvalue weighted by Gasteiger charge is -2.26. The Labute approximate surface area is 249 Å². The summed E-state index contributed by atoms with van der Waals surface area (Å²) in [5.41, 5.74) is 12.4. The minimum Gasteiger partial charge on any atom is -0.257 e. The van der Waals surface area contributed by atoms with Crippen LogP contribution < -0.4 is 0 Å². The van der Waals surface area contributed by atoms with Crippen LogP contribution in [0.3, 0.4) is 0 Å². The average Bonchev–Trinajstić information content (AvgIpc) is 3.06. The second-order valence-corrected chi connectivity index (χ2v) is 11.2. The summed E-state index contributed by atoms with van der Waals surface area (Å²) in [6.45, 7) is 8.68. The van der Waals surface area contributed by atoms with E-state index < -0.39 is 0 Å². The van der Waals surface area contributed by atoms with Crippen molar-refractivity contribution in [3.63, 3.8) is 0 Å². The summed E-state index contributed by atoms with van der Waals surface area (Å²) in [5, 5.41) is 0. The van der Waals surface area contributed by atoms with E-state index in [2.05, 4.69) is 172 Å².